The van der Waals surface area contributed by atoms with Crippen LogP contribution in [0.3, 0.4) is 0 Å². The van der Waals surface area contributed by atoms with Gasteiger partial charge in [-0.3, -0.25) is 19.7 Å². The second-order valence-electron chi connectivity index (χ2n) is 5.33. The van der Waals surface area contributed by atoms with E-state index >= 15 is 0 Å². The summed E-state index contributed by atoms with van der Waals surface area (Å²) >= 11 is 0. The second kappa shape index (κ2) is 8.43. The van der Waals surface area contributed by atoms with Crippen molar-refractivity contribution in [3.05, 3.63) is 47.2 Å². The fraction of sp³-hybridized carbons (Fsp3) is 0.375. The lowest BCUT2D eigenvalue weighted by Crippen LogP contribution is -2.52. The van der Waals surface area contributed by atoms with E-state index in [0.29, 0.717) is 5.75 Å². The number of nitro benzene ring substituents is 1. The average molecular weight is 350 g/mol. The maximum atomic E-state index is 11.3. The minimum atomic E-state index is -0.879. The number of hydrogen-bond acceptors (Lipinski definition) is 7. The number of non-ortho nitro benzene ring substituents is 1. The van der Waals surface area contributed by atoms with Crippen molar-refractivity contribution in [2.75, 3.05) is 6.61 Å². The Morgan fingerprint density at radius 1 is 1.24 bits per heavy atom. The van der Waals surface area contributed by atoms with Crippen LogP contribution in [0.4, 0.5) is 5.69 Å². The predicted octanol–water partition coefficient (Wildman–Crippen LogP) is 1.17. The molecule has 1 aliphatic rings. The van der Waals surface area contributed by atoms with Crippen LogP contribution in [0.15, 0.2) is 24.3 Å². The molecule has 0 unspecified atom stereocenters. The molecule has 25 heavy (non-hydrogen) atoms. The first kappa shape index (κ1) is 18.7. The van der Waals surface area contributed by atoms with Crippen LogP contribution in [0.1, 0.15) is 13.8 Å². The van der Waals surface area contributed by atoms with Crippen LogP contribution in [-0.4, -0.2) is 41.8 Å². The Kier molecular flexibility index (Phi) is 6.29. The highest BCUT2D eigenvalue weighted by Gasteiger charge is 2.34. The number of nitro groups is 1. The molecule has 1 aromatic carbocycles. The molecule has 3 atom stereocenters. The number of amides is 1. The minimum Gasteiger partial charge on any atom is -0.463 e. The van der Waals surface area contributed by atoms with Gasteiger partial charge in [-0.1, -0.05) is 0 Å². The van der Waals surface area contributed by atoms with Crippen molar-refractivity contribution in [2.45, 2.75) is 32.3 Å². The van der Waals surface area contributed by atoms with Gasteiger partial charge < -0.3 is 19.5 Å². The summed E-state index contributed by atoms with van der Waals surface area (Å²) in [4.78, 5) is 32.4. The van der Waals surface area contributed by atoms with Crippen molar-refractivity contribution >= 4 is 17.6 Å². The van der Waals surface area contributed by atoms with E-state index < -0.39 is 29.3 Å². The molecule has 0 aromatic heterocycles. The molecule has 1 aromatic rings. The van der Waals surface area contributed by atoms with Crippen LogP contribution in [0.25, 0.3) is 0 Å². The highest BCUT2D eigenvalue weighted by atomic mass is 16.7. The average Bonchev–Trinajstić information content (AvgIpc) is 2.55. The Hall–Kier alpha value is -2.68. The van der Waals surface area contributed by atoms with E-state index in [0.717, 1.165) is 0 Å². The van der Waals surface area contributed by atoms with E-state index in [4.69, 9.17) is 14.2 Å². The number of hydrogen-bond donors (Lipinski definition) is 1. The van der Waals surface area contributed by atoms with Gasteiger partial charge >= 0.3 is 5.97 Å². The number of nitrogens with one attached hydrogen (secondary N) is 1. The quantitative estimate of drug-likeness (QED) is 0.465. The van der Waals surface area contributed by atoms with Gasteiger partial charge in [-0.05, 0) is 25.0 Å². The van der Waals surface area contributed by atoms with Crippen molar-refractivity contribution in [2.24, 2.45) is 0 Å². The summed E-state index contributed by atoms with van der Waals surface area (Å²) in [5.74, 6) is -0.365. The molecular formula is C16H18N2O7. The molecule has 1 heterocycles. The molecule has 0 spiro atoms. The number of rotatable bonds is 6. The monoisotopic (exact) mass is 350 g/mol. The Labute approximate surface area is 144 Å². The maximum Gasteiger partial charge on any atom is 0.302 e. The largest absolute Gasteiger partial charge is 0.463 e. The molecule has 1 amide bonds. The molecule has 1 aliphatic heterocycles. The van der Waals surface area contributed by atoms with Gasteiger partial charge in [-0.2, -0.15) is 0 Å². The third kappa shape index (κ3) is 5.71. The van der Waals surface area contributed by atoms with Crippen LogP contribution >= 0.6 is 0 Å². The van der Waals surface area contributed by atoms with E-state index in [9.17, 15) is 19.7 Å². The zero-order valence-corrected chi connectivity index (χ0v) is 13.7. The van der Waals surface area contributed by atoms with E-state index in [2.05, 4.69) is 5.32 Å². The molecule has 0 saturated carbocycles. The van der Waals surface area contributed by atoms with Gasteiger partial charge in [-0.25, -0.2) is 0 Å². The second-order valence-corrected chi connectivity index (χ2v) is 5.33. The van der Waals surface area contributed by atoms with E-state index in [-0.39, 0.29) is 18.2 Å². The number of ether oxygens (including phenoxy) is 3. The van der Waals surface area contributed by atoms with Crippen molar-refractivity contribution in [1.82, 2.24) is 5.32 Å². The van der Waals surface area contributed by atoms with Crippen molar-refractivity contribution in [3.63, 3.8) is 0 Å². The number of carbonyl (C=O) groups is 2. The molecule has 1 saturated heterocycles. The molecular weight excluding hydrogens is 332 g/mol. The van der Waals surface area contributed by atoms with E-state index in [1.165, 1.54) is 38.1 Å². The normalized spacial score (nSPS) is 22.7. The number of esters is 1. The lowest BCUT2D eigenvalue weighted by Gasteiger charge is -2.35. The molecule has 2 rings (SSSR count). The Balaban J connectivity index is 2.05. The molecule has 0 aliphatic carbocycles. The highest BCUT2D eigenvalue weighted by molar-refractivity contribution is 5.73. The summed E-state index contributed by atoms with van der Waals surface area (Å²) in [7, 11) is 0. The third-order valence-electron chi connectivity index (χ3n) is 3.26. The first-order chi connectivity index (χ1) is 11.8. The molecule has 0 bridgehead atoms. The lowest BCUT2D eigenvalue weighted by atomic mass is 10.0. The predicted molar refractivity (Wildman–Crippen MR) is 85.2 cm³/mol. The molecule has 2 radical (unpaired) electrons. The van der Waals surface area contributed by atoms with Gasteiger partial charge in [0.1, 0.15) is 12.4 Å². The zero-order chi connectivity index (χ0) is 18.4. The first-order valence-electron chi connectivity index (χ1n) is 7.50. The minimum absolute atomic E-state index is 0.0126. The van der Waals surface area contributed by atoms with Gasteiger partial charge in [0.2, 0.25) is 12.2 Å². The van der Waals surface area contributed by atoms with Gasteiger partial charge in [0, 0.05) is 26.0 Å². The topological polar surface area (TPSA) is 117 Å². The van der Waals surface area contributed by atoms with Crippen molar-refractivity contribution < 1.29 is 28.7 Å². The van der Waals surface area contributed by atoms with Gasteiger partial charge in [0.05, 0.1) is 17.1 Å². The first-order valence-corrected chi connectivity index (χ1v) is 7.50. The number of benzene rings is 1. The lowest BCUT2D eigenvalue weighted by molar-refractivity contribution is -0.384. The van der Waals surface area contributed by atoms with Crippen LogP contribution in [0, 0.1) is 23.0 Å². The summed E-state index contributed by atoms with van der Waals surface area (Å²) < 4.78 is 16.3. The van der Waals surface area contributed by atoms with Crippen LogP contribution < -0.4 is 10.1 Å². The van der Waals surface area contributed by atoms with E-state index in [1.807, 2.05) is 0 Å². The number of nitrogens with zero attached hydrogens (tertiary/aromatic N) is 1. The fourth-order valence-electron chi connectivity index (χ4n) is 2.16. The Morgan fingerprint density at radius 3 is 2.48 bits per heavy atom. The van der Waals surface area contributed by atoms with Crippen LogP contribution in [-0.2, 0) is 19.1 Å². The molecule has 1 N–H and O–H groups in total. The standard InChI is InChI=1S/C16H18N2O7/c1-10(19)17-15-8-7-14(9-23-11(2)20)25-16(15)24-13-5-3-12(4-6-13)18(21)22/h3-8,14-16H,9H2,1-2H3,(H,17,19)/t14-,15-,16-/m1/s1. The van der Waals surface area contributed by atoms with Crippen LogP contribution in [0.2, 0.25) is 0 Å². The van der Waals surface area contributed by atoms with Gasteiger partial charge in [0.15, 0.2) is 0 Å². The van der Waals surface area contributed by atoms with Gasteiger partial charge in [0.25, 0.3) is 5.69 Å². The highest BCUT2D eigenvalue weighted by Crippen LogP contribution is 2.24. The number of carbonyl (C=O) groups excluding carboxylic acids is 2. The smallest absolute Gasteiger partial charge is 0.302 e. The Morgan fingerprint density at radius 2 is 1.92 bits per heavy atom. The van der Waals surface area contributed by atoms with Crippen LogP contribution in [0.5, 0.6) is 5.75 Å². The summed E-state index contributed by atoms with van der Waals surface area (Å²) in [6.45, 7) is 2.66. The van der Waals surface area contributed by atoms with Crippen molar-refractivity contribution in [3.8, 4) is 5.75 Å². The van der Waals surface area contributed by atoms with Crippen molar-refractivity contribution in [1.29, 1.82) is 0 Å². The van der Waals surface area contributed by atoms with Gasteiger partial charge in [-0.15, -0.1) is 0 Å². The molecule has 9 heteroatoms. The molecule has 134 valence electrons. The summed E-state index contributed by atoms with van der Waals surface area (Å²) in [5, 5.41) is 13.4. The fourth-order valence-corrected chi connectivity index (χ4v) is 2.16. The SMILES string of the molecule is CC(=O)N[C@@H]1[CH][CH][C@H](COC(C)=O)O[C@H]1Oc1ccc([N+](=O)[O-])cc1. The summed E-state index contributed by atoms with van der Waals surface area (Å²) in [6, 6.07) is 4.92. The maximum absolute atomic E-state index is 11.3. The van der Waals surface area contributed by atoms with E-state index in [1.54, 1.807) is 12.8 Å². The molecule has 9 nitrogen and oxygen atoms in total. The zero-order valence-electron chi connectivity index (χ0n) is 13.7. The Bertz CT molecular complexity index is 632. The summed E-state index contributed by atoms with van der Waals surface area (Å²) in [6.07, 6.45) is 1.95. The summed E-state index contributed by atoms with van der Waals surface area (Å²) in [5.41, 5.74) is -0.0667. The molecule has 1 fully saturated rings. The third-order valence-corrected chi connectivity index (χ3v) is 3.26.